The molecule has 10 heteroatoms. The van der Waals surface area contributed by atoms with E-state index in [2.05, 4.69) is 5.32 Å². The lowest BCUT2D eigenvalue weighted by atomic mass is 10.2. The maximum absolute atomic E-state index is 12.9. The van der Waals surface area contributed by atoms with E-state index in [1.807, 2.05) is 0 Å². The minimum atomic E-state index is -3.77. The lowest BCUT2D eigenvalue weighted by Crippen LogP contribution is -2.35. The van der Waals surface area contributed by atoms with Gasteiger partial charge in [0.15, 0.2) is 0 Å². The first-order valence-electron chi connectivity index (χ1n) is 9.57. The maximum Gasteiger partial charge on any atom is 0.255 e. The summed E-state index contributed by atoms with van der Waals surface area (Å²) in [4.78, 5) is 12.8. The van der Waals surface area contributed by atoms with Crippen molar-refractivity contribution in [1.29, 1.82) is 0 Å². The van der Waals surface area contributed by atoms with E-state index in [0.29, 0.717) is 13.1 Å². The quantitative estimate of drug-likeness (QED) is 0.726. The number of anilines is 1. The molecule has 162 valence electrons. The number of rotatable bonds is 6. The van der Waals surface area contributed by atoms with Gasteiger partial charge >= 0.3 is 0 Å². The lowest BCUT2D eigenvalue weighted by Gasteiger charge is -2.26. The average molecular weight is 452 g/mol. The molecule has 0 aromatic heterocycles. The van der Waals surface area contributed by atoms with Crippen molar-refractivity contribution in [3.05, 3.63) is 54.1 Å². The van der Waals surface area contributed by atoms with E-state index in [-0.39, 0.29) is 21.0 Å². The molecule has 0 bridgehead atoms. The molecular formula is C20H25N3O5S2. The molecule has 0 atom stereocenters. The number of hydrogen-bond acceptors (Lipinski definition) is 5. The molecule has 8 nitrogen and oxygen atoms in total. The molecule has 30 heavy (non-hydrogen) atoms. The van der Waals surface area contributed by atoms with Gasteiger partial charge in [-0.25, -0.2) is 21.1 Å². The summed E-state index contributed by atoms with van der Waals surface area (Å²) < 4.78 is 53.3. The third-order valence-corrected chi connectivity index (χ3v) is 8.71. The molecule has 3 rings (SSSR count). The summed E-state index contributed by atoms with van der Waals surface area (Å²) >= 11 is 0. The van der Waals surface area contributed by atoms with Crippen molar-refractivity contribution in [2.24, 2.45) is 0 Å². The Kier molecular flexibility index (Phi) is 6.61. The SMILES string of the molecule is CN(C)S(=O)(=O)c1ccccc1NC(=O)c1cccc(S(=O)(=O)N2CCCCC2)c1. The van der Waals surface area contributed by atoms with Crippen LogP contribution in [0.15, 0.2) is 58.3 Å². The van der Waals surface area contributed by atoms with Gasteiger partial charge in [-0.15, -0.1) is 0 Å². The predicted octanol–water partition coefficient (Wildman–Crippen LogP) is 2.36. The van der Waals surface area contributed by atoms with Crippen LogP contribution in [0.5, 0.6) is 0 Å². The third-order valence-electron chi connectivity index (χ3n) is 4.94. The highest BCUT2D eigenvalue weighted by Crippen LogP contribution is 2.25. The van der Waals surface area contributed by atoms with Crippen LogP contribution in [-0.2, 0) is 20.0 Å². The summed E-state index contributed by atoms with van der Waals surface area (Å²) in [6.45, 7) is 0.934. The first-order valence-corrected chi connectivity index (χ1v) is 12.4. The number of benzene rings is 2. The molecule has 1 fully saturated rings. The maximum atomic E-state index is 12.9. The van der Waals surface area contributed by atoms with Gasteiger partial charge in [0.05, 0.1) is 10.6 Å². The fraction of sp³-hybridized carbons (Fsp3) is 0.350. The Morgan fingerprint density at radius 2 is 1.60 bits per heavy atom. The first kappa shape index (κ1) is 22.4. The normalized spacial score (nSPS) is 15.8. The number of amides is 1. The first-order chi connectivity index (χ1) is 14.1. The molecule has 0 saturated carbocycles. The largest absolute Gasteiger partial charge is 0.321 e. The molecule has 2 aromatic carbocycles. The van der Waals surface area contributed by atoms with E-state index in [0.717, 1.165) is 23.6 Å². The molecule has 1 aliphatic rings. The second-order valence-electron chi connectivity index (χ2n) is 7.23. The van der Waals surface area contributed by atoms with Gasteiger partial charge in [-0.05, 0) is 43.2 Å². The molecule has 0 aliphatic carbocycles. The van der Waals surface area contributed by atoms with Crippen molar-refractivity contribution in [2.75, 3.05) is 32.5 Å². The van der Waals surface area contributed by atoms with Crippen molar-refractivity contribution in [1.82, 2.24) is 8.61 Å². The summed E-state index contributed by atoms with van der Waals surface area (Å²) in [5.41, 5.74) is 0.255. The second kappa shape index (κ2) is 8.84. The molecule has 2 aromatic rings. The van der Waals surface area contributed by atoms with Crippen molar-refractivity contribution in [3.63, 3.8) is 0 Å². The Labute approximate surface area is 177 Å². The molecule has 0 radical (unpaired) electrons. The van der Waals surface area contributed by atoms with E-state index in [9.17, 15) is 21.6 Å². The predicted molar refractivity (Wildman–Crippen MR) is 114 cm³/mol. The monoisotopic (exact) mass is 451 g/mol. The Morgan fingerprint density at radius 3 is 2.27 bits per heavy atom. The van der Waals surface area contributed by atoms with E-state index in [4.69, 9.17) is 0 Å². The molecule has 1 N–H and O–H groups in total. The number of sulfonamides is 2. The smallest absolute Gasteiger partial charge is 0.255 e. The number of carbonyl (C=O) groups is 1. The molecule has 0 unspecified atom stereocenters. The zero-order valence-corrected chi connectivity index (χ0v) is 18.5. The van der Waals surface area contributed by atoms with E-state index < -0.39 is 26.0 Å². The van der Waals surface area contributed by atoms with Crippen LogP contribution in [0.1, 0.15) is 29.6 Å². The lowest BCUT2D eigenvalue weighted by molar-refractivity contribution is 0.102. The summed E-state index contributed by atoms with van der Waals surface area (Å²) in [5, 5.41) is 2.59. The minimum absolute atomic E-state index is 0.0413. The van der Waals surface area contributed by atoms with Gasteiger partial charge in [-0.2, -0.15) is 4.31 Å². The number of hydrogen-bond donors (Lipinski definition) is 1. The number of piperidine rings is 1. The van der Waals surface area contributed by atoms with Crippen LogP contribution in [0.4, 0.5) is 5.69 Å². The topological polar surface area (TPSA) is 104 Å². The van der Waals surface area contributed by atoms with Crippen LogP contribution in [0, 0.1) is 0 Å². The highest BCUT2D eigenvalue weighted by atomic mass is 32.2. The van der Waals surface area contributed by atoms with Gasteiger partial charge in [-0.1, -0.05) is 24.6 Å². The fourth-order valence-corrected chi connectivity index (χ4v) is 5.84. The van der Waals surface area contributed by atoms with Crippen LogP contribution in [0.3, 0.4) is 0 Å². The highest BCUT2D eigenvalue weighted by molar-refractivity contribution is 7.89. The Morgan fingerprint density at radius 1 is 0.933 bits per heavy atom. The molecule has 1 saturated heterocycles. The molecule has 1 amide bonds. The van der Waals surface area contributed by atoms with Crippen molar-refractivity contribution in [2.45, 2.75) is 29.1 Å². The van der Waals surface area contributed by atoms with Gasteiger partial charge in [0.25, 0.3) is 5.91 Å². The summed E-state index contributed by atoms with van der Waals surface area (Å²) in [5.74, 6) is -0.591. The van der Waals surface area contributed by atoms with Gasteiger partial charge in [0, 0.05) is 32.7 Å². The number of nitrogens with one attached hydrogen (secondary N) is 1. The van der Waals surface area contributed by atoms with Gasteiger partial charge < -0.3 is 5.32 Å². The van der Waals surface area contributed by atoms with Gasteiger partial charge in [-0.3, -0.25) is 4.79 Å². The minimum Gasteiger partial charge on any atom is -0.321 e. The molecular weight excluding hydrogens is 426 g/mol. The second-order valence-corrected chi connectivity index (χ2v) is 11.3. The highest BCUT2D eigenvalue weighted by Gasteiger charge is 2.27. The van der Waals surface area contributed by atoms with E-state index >= 15 is 0 Å². The van der Waals surface area contributed by atoms with Crippen LogP contribution < -0.4 is 5.32 Å². The molecule has 1 heterocycles. The van der Waals surface area contributed by atoms with Gasteiger partial charge in [0.1, 0.15) is 4.90 Å². The van der Waals surface area contributed by atoms with Crippen LogP contribution in [-0.4, -0.2) is 58.5 Å². The summed E-state index contributed by atoms with van der Waals surface area (Å²) in [7, 11) is -4.64. The third kappa shape index (κ3) is 4.56. The zero-order chi connectivity index (χ0) is 21.9. The van der Waals surface area contributed by atoms with Crippen LogP contribution >= 0.6 is 0 Å². The van der Waals surface area contributed by atoms with Crippen molar-refractivity contribution >= 4 is 31.6 Å². The Hall–Kier alpha value is -2.27. The van der Waals surface area contributed by atoms with Crippen LogP contribution in [0.2, 0.25) is 0 Å². The van der Waals surface area contributed by atoms with Crippen molar-refractivity contribution in [3.8, 4) is 0 Å². The van der Waals surface area contributed by atoms with Crippen molar-refractivity contribution < 1.29 is 21.6 Å². The molecule has 1 aliphatic heterocycles. The van der Waals surface area contributed by atoms with E-state index in [1.165, 1.54) is 54.8 Å². The van der Waals surface area contributed by atoms with E-state index in [1.54, 1.807) is 12.1 Å². The number of carbonyl (C=O) groups excluding carboxylic acids is 1. The number of nitrogens with zero attached hydrogens (tertiary/aromatic N) is 2. The Bertz CT molecular complexity index is 1140. The standard InChI is InChI=1S/C20H25N3O5S2/c1-22(2)30(27,28)19-12-5-4-11-18(19)21-20(24)16-9-8-10-17(15-16)29(25,26)23-13-6-3-7-14-23/h4-5,8-12,15H,3,6-7,13-14H2,1-2H3,(H,21,24). The Balaban J connectivity index is 1.89. The summed E-state index contributed by atoms with van der Waals surface area (Å²) in [6, 6.07) is 11.9. The average Bonchev–Trinajstić information content (AvgIpc) is 2.74. The van der Waals surface area contributed by atoms with Crippen LogP contribution in [0.25, 0.3) is 0 Å². The number of para-hydroxylation sites is 1. The van der Waals surface area contributed by atoms with Gasteiger partial charge in [0.2, 0.25) is 20.0 Å². The molecule has 0 spiro atoms. The zero-order valence-electron chi connectivity index (χ0n) is 16.9. The summed E-state index contributed by atoms with van der Waals surface area (Å²) in [6.07, 6.45) is 2.64. The fourth-order valence-electron chi connectivity index (χ4n) is 3.24.